The van der Waals surface area contributed by atoms with Gasteiger partial charge in [-0.15, -0.1) is 0 Å². The van der Waals surface area contributed by atoms with Crippen molar-refractivity contribution in [3.05, 3.63) is 58.7 Å². The van der Waals surface area contributed by atoms with E-state index in [2.05, 4.69) is 56.4 Å². The standard InChI is InChI=1S/C19H25Si.Ti/c1-15-13-16(19-12-8-7-11-18(15)19)14-20(2,3)17-9-5-4-6-10-17;/h4-6,9-10,13H,7-8,11-12,14H2,1-3H3;/q-1;. The molecule has 0 aliphatic heterocycles. The van der Waals surface area contributed by atoms with Gasteiger partial charge >= 0.3 is 0 Å². The number of benzene rings is 1. The molecule has 21 heavy (non-hydrogen) atoms. The van der Waals surface area contributed by atoms with Gasteiger partial charge in [0.05, 0.1) is 8.07 Å². The third-order valence-electron chi connectivity index (χ3n) is 4.91. The summed E-state index contributed by atoms with van der Waals surface area (Å²) in [4.78, 5) is 0. The maximum atomic E-state index is 2.51. The van der Waals surface area contributed by atoms with E-state index in [0.29, 0.717) is 0 Å². The monoisotopic (exact) mass is 329 g/mol. The minimum absolute atomic E-state index is 0. The summed E-state index contributed by atoms with van der Waals surface area (Å²) in [5.74, 6) is 0. The minimum atomic E-state index is -1.37. The molecular formula is C19H25SiTi-. The Kier molecular flexibility index (Phi) is 5.40. The zero-order chi connectivity index (χ0) is 14.2. The second-order valence-corrected chi connectivity index (χ2v) is 11.6. The Morgan fingerprint density at radius 3 is 2.43 bits per heavy atom. The largest absolute Gasteiger partial charge is 0.198 e. The smallest absolute Gasteiger partial charge is 0.0737 e. The summed E-state index contributed by atoms with van der Waals surface area (Å²) in [6.07, 6.45) is 5.40. The van der Waals surface area contributed by atoms with Crippen LogP contribution in [-0.4, -0.2) is 8.07 Å². The molecule has 0 N–H and O–H groups in total. The van der Waals surface area contributed by atoms with Crippen LogP contribution in [0.4, 0.5) is 0 Å². The van der Waals surface area contributed by atoms with Crippen LogP contribution in [0.15, 0.2) is 36.4 Å². The molecule has 0 atom stereocenters. The van der Waals surface area contributed by atoms with Crippen molar-refractivity contribution in [1.29, 1.82) is 0 Å². The predicted molar refractivity (Wildman–Crippen MR) is 90.7 cm³/mol. The molecule has 110 valence electrons. The van der Waals surface area contributed by atoms with Crippen molar-refractivity contribution >= 4 is 13.3 Å². The van der Waals surface area contributed by atoms with Crippen molar-refractivity contribution in [3.8, 4) is 0 Å². The van der Waals surface area contributed by atoms with Crippen molar-refractivity contribution in [1.82, 2.24) is 0 Å². The van der Waals surface area contributed by atoms with Gasteiger partial charge < -0.3 is 0 Å². The van der Waals surface area contributed by atoms with Gasteiger partial charge in [-0.2, -0.15) is 28.3 Å². The van der Waals surface area contributed by atoms with Crippen molar-refractivity contribution in [2.45, 2.75) is 51.7 Å². The fourth-order valence-electron chi connectivity index (χ4n) is 3.76. The summed E-state index contributed by atoms with van der Waals surface area (Å²) in [7, 11) is -1.37. The fourth-order valence-corrected chi connectivity index (χ4v) is 6.32. The molecule has 3 rings (SSSR count). The SMILES string of the molecule is Cc1c[c-](C[Si](C)(C)c2ccccc2)c2c1CCCC2.[Ti]. The van der Waals surface area contributed by atoms with E-state index in [0.717, 1.165) is 0 Å². The third-order valence-corrected chi connectivity index (χ3v) is 8.07. The molecule has 0 bridgehead atoms. The van der Waals surface area contributed by atoms with E-state index >= 15 is 0 Å². The average molecular weight is 329 g/mol. The maximum Gasteiger partial charge on any atom is 0.0737 e. The first-order valence-electron chi connectivity index (χ1n) is 7.90. The first-order valence-corrected chi connectivity index (χ1v) is 11.1. The Balaban J connectivity index is 0.00000161. The summed E-state index contributed by atoms with van der Waals surface area (Å²) in [5.41, 5.74) is 6.61. The van der Waals surface area contributed by atoms with Crippen molar-refractivity contribution < 1.29 is 21.7 Å². The van der Waals surface area contributed by atoms with E-state index in [-0.39, 0.29) is 21.7 Å². The van der Waals surface area contributed by atoms with Crippen molar-refractivity contribution in [2.75, 3.05) is 0 Å². The summed E-state index contributed by atoms with van der Waals surface area (Å²) in [6, 6.07) is 15.0. The van der Waals surface area contributed by atoms with Gasteiger partial charge in [-0.1, -0.05) is 87.3 Å². The summed E-state index contributed by atoms with van der Waals surface area (Å²) in [6.45, 7) is 7.34. The first kappa shape index (κ1) is 16.9. The Bertz CT molecular complexity index is 596. The number of aryl methyl sites for hydroxylation is 1. The number of hydrogen-bond donors (Lipinski definition) is 0. The van der Waals surface area contributed by atoms with Crippen LogP contribution >= 0.6 is 0 Å². The fraction of sp³-hybridized carbons (Fsp3) is 0.421. The predicted octanol–water partition coefficient (Wildman–Crippen LogP) is 4.29. The summed E-state index contributed by atoms with van der Waals surface area (Å²) >= 11 is 0. The van der Waals surface area contributed by atoms with Crippen LogP contribution in [0.25, 0.3) is 0 Å². The Morgan fingerprint density at radius 1 is 1.05 bits per heavy atom. The Hall–Kier alpha value is -0.499. The molecule has 2 aromatic rings. The molecule has 0 radical (unpaired) electrons. The van der Waals surface area contributed by atoms with Crippen LogP contribution in [0, 0.1) is 6.92 Å². The molecule has 0 amide bonds. The van der Waals surface area contributed by atoms with Gasteiger partial charge in [0.1, 0.15) is 0 Å². The van der Waals surface area contributed by atoms with Gasteiger partial charge in [-0.25, -0.2) is 0 Å². The molecule has 2 heteroatoms. The van der Waals surface area contributed by atoms with E-state index < -0.39 is 8.07 Å². The van der Waals surface area contributed by atoms with Gasteiger partial charge in [0.15, 0.2) is 0 Å². The molecule has 2 aromatic carbocycles. The summed E-state index contributed by atoms with van der Waals surface area (Å²) in [5, 5.41) is 1.59. The molecule has 0 saturated heterocycles. The molecule has 0 nitrogen and oxygen atoms in total. The average Bonchev–Trinajstić information content (AvgIpc) is 2.76. The maximum absolute atomic E-state index is 2.51. The molecule has 1 aliphatic carbocycles. The third kappa shape index (κ3) is 3.47. The van der Waals surface area contributed by atoms with Crippen LogP contribution in [-0.2, 0) is 40.6 Å². The van der Waals surface area contributed by atoms with Crippen LogP contribution in [0.5, 0.6) is 0 Å². The second-order valence-electron chi connectivity index (χ2n) is 6.94. The number of fused-ring (bicyclic) bond motifs is 1. The van der Waals surface area contributed by atoms with Gasteiger partial charge in [-0.05, 0) is 0 Å². The van der Waals surface area contributed by atoms with E-state index in [4.69, 9.17) is 0 Å². The normalized spacial score (nSPS) is 14.4. The molecular weight excluding hydrogens is 304 g/mol. The molecule has 0 heterocycles. The zero-order valence-electron chi connectivity index (χ0n) is 13.5. The van der Waals surface area contributed by atoms with E-state index in [1.54, 1.807) is 27.4 Å². The van der Waals surface area contributed by atoms with Crippen LogP contribution in [0.1, 0.15) is 35.1 Å². The quantitative estimate of drug-likeness (QED) is 0.582. The zero-order valence-corrected chi connectivity index (χ0v) is 16.1. The molecule has 0 fully saturated rings. The number of rotatable bonds is 3. The van der Waals surface area contributed by atoms with Gasteiger partial charge in [0, 0.05) is 21.7 Å². The first-order chi connectivity index (χ1) is 9.58. The van der Waals surface area contributed by atoms with Crippen LogP contribution in [0.2, 0.25) is 13.1 Å². The summed E-state index contributed by atoms with van der Waals surface area (Å²) < 4.78 is 0. The van der Waals surface area contributed by atoms with Crippen molar-refractivity contribution in [2.24, 2.45) is 0 Å². The van der Waals surface area contributed by atoms with Crippen molar-refractivity contribution in [3.63, 3.8) is 0 Å². The Labute approximate surface area is 145 Å². The van der Waals surface area contributed by atoms with Gasteiger partial charge in [0.2, 0.25) is 0 Å². The van der Waals surface area contributed by atoms with Crippen LogP contribution < -0.4 is 5.19 Å². The van der Waals surface area contributed by atoms with E-state index in [9.17, 15) is 0 Å². The van der Waals surface area contributed by atoms with E-state index in [1.165, 1.54) is 31.7 Å². The van der Waals surface area contributed by atoms with Crippen LogP contribution in [0.3, 0.4) is 0 Å². The van der Waals surface area contributed by atoms with E-state index in [1.807, 2.05) is 0 Å². The molecule has 0 spiro atoms. The second kappa shape index (κ2) is 6.73. The van der Waals surface area contributed by atoms with Gasteiger partial charge in [-0.3, -0.25) is 0 Å². The molecule has 0 aromatic heterocycles. The molecule has 1 aliphatic rings. The Morgan fingerprint density at radius 2 is 1.71 bits per heavy atom. The topological polar surface area (TPSA) is 0 Å². The van der Waals surface area contributed by atoms with Gasteiger partial charge in [0.25, 0.3) is 0 Å². The minimum Gasteiger partial charge on any atom is -0.198 e. The molecule has 0 saturated carbocycles. The number of hydrogen-bond acceptors (Lipinski definition) is 0. The molecule has 0 unspecified atom stereocenters.